The van der Waals surface area contributed by atoms with Gasteiger partial charge in [0.2, 0.25) is 10.0 Å². The van der Waals surface area contributed by atoms with E-state index in [4.69, 9.17) is 0 Å². The number of aromatic nitrogens is 2. The van der Waals surface area contributed by atoms with E-state index in [-0.39, 0.29) is 0 Å². The van der Waals surface area contributed by atoms with Crippen molar-refractivity contribution in [1.82, 2.24) is 19.4 Å². The van der Waals surface area contributed by atoms with Crippen LogP contribution in [0.4, 0.5) is 0 Å². The summed E-state index contributed by atoms with van der Waals surface area (Å²) in [6, 6.07) is 7.19. The third-order valence-corrected chi connectivity index (χ3v) is 6.21. The first kappa shape index (κ1) is 17.1. The number of piperidine rings is 1. The number of benzene rings is 1. The summed E-state index contributed by atoms with van der Waals surface area (Å²) < 4.78 is 28.6. The maximum absolute atomic E-state index is 12.6. The third-order valence-electron chi connectivity index (χ3n) is 4.29. The second kappa shape index (κ2) is 7.46. The summed E-state index contributed by atoms with van der Waals surface area (Å²) in [5.74, 6) is 0. The summed E-state index contributed by atoms with van der Waals surface area (Å²) in [5, 5.41) is 7.47. The summed E-state index contributed by atoms with van der Waals surface area (Å²) in [7, 11) is -1.44. The molecular weight excluding hydrogens is 324 g/mol. The lowest BCUT2D eigenvalue weighted by Crippen LogP contribution is -2.35. The van der Waals surface area contributed by atoms with Crippen molar-refractivity contribution in [2.24, 2.45) is 7.05 Å². The van der Waals surface area contributed by atoms with Gasteiger partial charge in [-0.25, -0.2) is 8.42 Å². The van der Waals surface area contributed by atoms with Gasteiger partial charge in [0, 0.05) is 45.0 Å². The Hall–Kier alpha value is -1.70. The molecule has 1 fully saturated rings. The molecule has 1 aromatic carbocycles. The van der Waals surface area contributed by atoms with E-state index >= 15 is 0 Å². The van der Waals surface area contributed by atoms with Gasteiger partial charge in [0.05, 0.1) is 11.1 Å². The minimum Gasteiger partial charge on any atom is -0.309 e. The highest BCUT2D eigenvalue weighted by atomic mass is 32.2. The van der Waals surface area contributed by atoms with Gasteiger partial charge in [0.25, 0.3) is 0 Å². The van der Waals surface area contributed by atoms with E-state index in [1.54, 1.807) is 21.1 Å². The van der Waals surface area contributed by atoms with Crippen molar-refractivity contribution in [3.63, 3.8) is 0 Å². The number of sulfonamides is 1. The van der Waals surface area contributed by atoms with Crippen LogP contribution >= 0.6 is 0 Å². The van der Waals surface area contributed by atoms with Crippen LogP contribution in [0.5, 0.6) is 0 Å². The Bertz CT molecular complexity index is 762. The van der Waals surface area contributed by atoms with Crippen LogP contribution in [0, 0.1) is 0 Å². The molecule has 130 valence electrons. The van der Waals surface area contributed by atoms with E-state index in [1.807, 2.05) is 31.6 Å². The maximum atomic E-state index is 12.6. The molecule has 1 aromatic heterocycles. The summed E-state index contributed by atoms with van der Waals surface area (Å²) in [6.07, 6.45) is 6.83. The molecule has 0 aliphatic carbocycles. The van der Waals surface area contributed by atoms with Gasteiger partial charge in [0.1, 0.15) is 0 Å². The minimum atomic E-state index is -3.34. The first-order chi connectivity index (χ1) is 11.6. The van der Waals surface area contributed by atoms with Gasteiger partial charge in [-0.15, -0.1) is 0 Å². The summed E-state index contributed by atoms with van der Waals surface area (Å²) in [4.78, 5) is 0.389. The number of nitrogens with zero attached hydrogens (tertiary/aromatic N) is 3. The molecule has 2 aromatic rings. The van der Waals surface area contributed by atoms with Crippen molar-refractivity contribution in [3.8, 4) is 0 Å². The van der Waals surface area contributed by atoms with Crippen molar-refractivity contribution >= 4 is 10.0 Å². The lowest BCUT2D eigenvalue weighted by atomic mass is 10.2. The first-order valence-electron chi connectivity index (χ1n) is 8.33. The lowest BCUT2D eigenvalue weighted by Gasteiger charge is -2.25. The highest BCUT2D eigenvalue weighted by Crippen LogP contribution is 2.20. The molecule has 0 radical (unpaired) electrons. The van der Waals surface area contributed by atoms with E-state index in [0.29, 0.717) is 24.5 Å². The molecule has 7 heteroatoms. The van der Waals surface area contributed by atoms with Crippen LogP contribution in [0.2, 0.25) is 0 Å². The molecule has 1 saturated heterocycles. The molecule has 0 spiro atoms. The SMILES string of the molecule is Cn1cc(CNCc2ccc(S(=O)(=O)N3CCCCC3)cc2)cn1. The van der Waals surface area contributed by atoms with E-state index in [0.717, 1.165) is 36.9 Å². The van der Waals surface area contributed by atoms with E-state index in [9.17, 15) is 8.42 Å². The smallest absolute Gasteiger partial charge is 0.243 e. The van der Waals surface area contributed by atoms with Crippen LogP contribution < -0.4 is 5.32 Å². The predicted molar refractivity (Wildman–Crippen MR) is 92.8 cm³/mol. The number of rotatable bonds is 6. The fourth-order valence-corrected chi connectivity index (χ4v) is 4.47. The van der Waals surface area contributed by atoms with E-state index in [1.165, 1.54) is 0 Å². The van der Waals surface area contributed by atoms with Gasteiger partial charge < -0.3 is 5.32 Å². The topological polar surface area (TPSA) is 67.2 Å². The van der Waals surface area contributed by atoms with Crippen molar-refractivity contribution < 1.29 is 8.42 Å². The molecule has 3 rings (SSSR count). The summed E-state index contributed by atoms with van der Waals surface area (Å²) in [5.41, 5.74) is 2.19. The summed E-state index contributed by atoms with van der Waals surface area (Å²) in [6.45, 7) is 2.70. The Labute approximate surface area is 143 Å². The Kier molecular flexibility index (Phi) is 5.33. The predicted octanol–water partition coefficient (Wildman–Crippen LogP) is 1.88. The monoisotopic (exact) mass is 348 g/mol. The van der Waals surface area contributed by atoms with Crippen molar-refractivity contribution in [3.05, 3.63) is 47.8 Å². The molecule has 1 aliphatic rings. The van der Waals surface area contributed by atoms with Crippen molar-refractivity contribution in [2.75, 3.05) is 13.1 Å². The van der Waals surface area contributed by atoms with Gasteiger partial charge in [-0.3, -0.25) is 4.68 Å². The molecule has 1 N–H and O–H groups in total. The molecular formula is C17H24N4O2S. The van der Waals surface area contributed by atoms with Crippen LogP contribution in [-0.4, -0.2) is 35.6 Å². The molecule has 0 bridgehead atoms. The Morgan fingerprint density at radius 2 is 1.71 bits per heavy atom. The minimum absolute atomic E-state index is 0.389. The zero-order valence-electron chi connectivity index (χ0n) is 14.0. The van der Waals surface area contributed by atoms with Gasteiger partial charge in [0.15, 0.2) is 0 Å². The number of hydrogen-bond donors (Lipinski definition) is 1. The molecule has 24 heavy (non-hydrogen) atoms. The molecule has 1 aliphatic heterocycles. The average Bonchev–Trinajstić information content (AvgIpc) is 3.01. The molecule has 0 atom stereocenters. The van der Waals surface area contributed by atoms with Gasteiger partial charge in [-0.2, -0.15) is 9.40 Å². The van der Waals surface area contributed by atoms with Crippen molar-refractivity contribution in [2.45, 2.75) is 37.2 Å². The quantitative estimate of drug-likeness (QED) is 0.866. The standard InChI is InChI=1S/C17H24N4O2S/c1-20-14-16(13-19-20)12-18-11-15-5-7-17(8-6-15)24(22,23)21-9-3-2-4-10-21/h5-8,13-14,18H,2-4,9-12H2,1H3. The largest absolute Gasteiger partial charge is 0.309 e. The molecule has 0 amide bonds. The Morgan fingerprint density at radius 1 is 1.04 bits per heavy atom. The number of aryl methyl sites for hydroxylation is 1. The zero-order valence-corrected chi connectivity index (χ0v) is 14.8. The molecule has 0 unspecified atom stereocenters. The Morgan fingerprint density at radius 3 is 2.33 bits per heavy atom. The normalized spacial score (nSPS) is 16.4. The van der Waals surface area contributed by atoms with Gasteiger partial charge in [-0.05, 0) is 30.5 Å². The average molecular weight is 348 g/mol. The van der Waals surface area contributed by atoms with Crippen LogP contribution in [0.15, 0.2) is 41.6 Å². The number of nitrogens with one attached hydrogen (secondary N) is 1. The zero-order chi connectivity index (χ0) is 17.0. The van der Waals surface area contributed by atoms with Gasteiger partial charge in [-0.1, -0.05) is 18.6 Å². The van der Waals surface area contributed by atoms with Crippen molar-refractivity contribution in [1.29, 1.82) is 0 Å². The highest BCUT2D eigenvalue weighted by molar-refractivity contribution is 7.89. The fourth-order valence-electron chi connectivity index (χ4n) is 2.95. The summed E-state index contributed by atoms with van der Waals surface area (Å²) >= 11 is 0. The third kappa shape index (κ3) is 4.03. The Balaban J connectivity index is 1.58. The highest BCUT2D eigenvalue weighted by Gasteiger charge is 2.25. The molecule has 6 nitrogen and oxygen atoms in total. The van der Waals surface area contributed by atoms with Crippen LogP contribution in [0.1, 0.15) is 30.4 Å². The fraction of sp³-hybridized carbons (Fsp3) is 0.471. The molecule has 2 heterocycles. The van der Waals surface area contributed by atoms with E-state index < -0.39 is 10.0 Å². The van der Waals surface area contributed by atoms with Gasteiger partial charge >= 0.3 is 0 Å². The van der Waals surface area contributed by atoms with Crippen LogP contribution in [0.25, 0.3) is 0 Å². The first-order valence-corrected chi connectivity index (χ1v) is 9.77. The maximum Gasteiger partial charge on any atom is 0.243 e. The second-order valence-corrected chi connectivity index (χ2v) is 8.17. The lowest BCUT2D eigenvalue weighted by molar-refractivity contribution is 0.346. The van der Waals surface area contributed by atoms with E-state index in [2.05, 4.69) is 10.4 Å². The van der Waals surface area contributed by atoms with Crippen LogP contribution in [0.3, 0.4) is 0 Å². The number of hydrogen-bond acceptors (Lipinski definition) is 4. The van der Waals surface area contributed by atoms with Crippen LogP contribution in [-0.2, 0) is 30.2 Å². The second-order valence-electron chi connectivity index (χ2n) is 6.23. The molecule has 0 saturated carbocycles.